The van der Waals surface area contributed by atoms with E-state index in [4.69, 9.17) is 17.0 Å². The second-order valence-corrected chi connectivity index (χ2v) is 7.02. The largest absolute Gasteiger partial charge is 0.382 e. The number of thiocarbonyl (C=S) groups is 1. The molecule has 0 spiro atoms. The molecule has 2 heterocycles. The number of carbonyl (C=O) groups is 2. The summed E-state index contributed by atoms with van der Waals surface area (Å²) in [5.74, 6) is -0.321. The molecule has 2 N–H and O–H groups in total. The number of nitrogens with zero attached hydrogens (tertiary/aromatic N) is 2. The number of hydrogen-bond acceptors (Lipinski definition) is 4. The number of ether oxygens (including phenoxy) is 1. The molecule has 1 atom stereocenters. The second kappa shape index (κ2) is 9.16. The van der Waals surface area contributed by atoms with E-state index in [-0.39, 0.29) is 18.2 Å². The first-order chi connectivity index (χ1) is 13.5. The van der Waals surface area contributed by atoms with Crippen molar-refractivity contribution in [3.63, 3.8) is 0 Å². The van der Waals surface area contributed by atoms with Gasteiger partial charge in [-0.25, -0.2) is 0 Å². The van der Waals surface area contributed by atoms with Crippen LogP contribution in [0.15, 0.2) is 30.5 Å². The number of benzene rings is 1. The van der Waals surface area contributed by atoms with Crippen molar-refractivity contribution >= 4 is 45.7 Å². The minimum absolute atomic E-state index is 0.0624. The molecule has 2 aromatic rings. The Hall–Kier alpha value is -2.45. The summed E-state index contributed by atoms with van der Waals surface area (Å²) in [5, 5.41) is 4.46. The van der Waals surface area contributed by atoms with Crippen LogP contribution in [0.2, 0.25) is 0 Å². The molecule has 1 aliphatic heterocycles. The first kappa shape index (κ1) is 20.3. The van der Waals surface area contributed by atoms with Crippen molar-refractivity contribution < 1.29 is 14.3 Å². The molecule has 7 nitrogen and oxygen atoms in total. The van der Waals surface area contributed by atoms with Gasteiger partial charge in [-0.2, -0.15) is 0 Å². The molecule has 0 radical (unpaired) electrons. The maximum atomic E-state index is 12.8. The molecule has 0 saturated carbocycles. The molecule has 150 valence electrons. The molecule has 1 saturated heterocycles. The van der Waals surface area contributed by atoms with Crippen LogP contribution in [0.3, 0.4) is 0 Å². The van der Waals surface area contributed by atoms with Gasteiger partial charge in [0.15, 0.2) is 5.11 Å². The number of rotatable bonds is 9. The van der Waals surface area contributed by atoms with Crippen LogP contribution in [0.1, 0.15) is 26.7 Å². The molecular weight excluding hydrogens is 376 g/mol. The van der Waals surface area contributed by atoms with Crippen LogP contribution in [0.5, 0.6) is 0 Å². The van der Waals surface area contributed by atoms with Crippen molar-refractivity contribution in [3.8, 4) is 0 Å². The molecule has 1 aromatic heterocycles. The summed E-state index contributed by atoms with van der Waals surface area (Å²) in [7, 11) is 0. The van der Waals surface area contributed by atoms with E-state index in [9.17, 15) is 9.59 Å². The number of anilines is 1. The summed E-state index contributed by atoms with van der Waals surface area (Å²) >= 11 is 5.47. The van der Waals surface area contributed by atoms with Gasteiger partial charge >= 0.3 is 0 Å². The van der Waals surface area contributed by atoms with Gasteiger partial charge in [0, 0.05) is 43.7 Å². The summed E-state index contributed by atoms with van der Waals surface area (Å²) in [5.41, 5.74) is 1.65. The van der Waals surface area contributed by atoms with Crippen molar-refractivity contribution in [3.05, 3.63) is 30.5 Å². The lowest BCUT2D eigenvalue weighted by atomic mass is 10.1. The van der Waals surface area contributed by atoms with Gasteiger partial charge < -0.3 is 19.9 Å². The van der Waals surface area contributed by atoms with Crippen LogP contribution in [-0.2, 0) is 14.3 Å². The van der Waals surface area contributed by atoms with E-state index in [1.165, 1.54) is 0 Å². The molecule has 3 rings (SSSR count). The number of hydrogen-bond donors (Lipinski definition) is 2. The SMILES string of the molecule is CCOCCCN1C(=S)N(CC)C(=O)C1CC(=O)Nc1ccc2cc[nH]c2c1. The van der Waals surface area contributed by atoms with Crippen molar-refractivity contribution in [2.75, 3.05) is 31.6 Å². The van der Waals surface area contributed by atoms with Crippen molar-refractivity contribution in [2.24, 2.45) is 0 Å². The first-order valence-electron chi connectivity index (χ1n) is 9.61. The summed E-state index contributed by atoms with van der Waals surface area (Å²) in [6, 6.07) is 7.08. The third-order valence-corrected chi connectivity index (χ3v) is 5.28. The standard InChI is InChI=1S/C20H26N4O3S/c1-3-23-19(26)17(24(20(23)28)10-5-11-27-4-2)13-18(25)22-15-7-6-14-8-9-21-16(14)12-15/h6-9,12,17,21H,3-5,10-11,13H2,1-2H3,(H,22,25). The smallest absolute Gasteiger partial charge is 0.252 e. The lowest BCUT2D eigenvalue weighted by Crippen LogP contribution is -2.38. The molecular formula is C20H26N4O3S. The van der Waals surface area contributed by atoms with Gasteiger partial charge in [0.25, 0.3) is 5.91 Å². The van der Waals surface area contributed by atoms with E-state index in [0.717, 1.165) is 17.3 Å². The summed E-state index contributed by atoms with van der Waals surface area (Å²) in [6.07, 6.45) is 2.67. The Morgan fingerprint density at radius 1 is 1.32 bits per heavy atom. The predicted octanol–water partition coefficient (Wildman–Crippen LogP) is 2.74. The fourth-order valence-electron chi connectivity index (χ4n) is 3.43. The average Bonchev–Trinajstić information content (AvgIpc) is 3.22. The fraction of sp³-hybridized carbons (Fsp3) is 0.450. The third kappa shape index (κ3) is 4.34. The normalized spacial score (nSPS) is 17.0. The highest BCUT2D eigenvalue weighted by Gasteiger charge is 2.42. The number of carbonyl (C=O) groups excluding carboxylic acids is 2. The van der Waals surface area contributed by atoms with Crippen LogP contribution in [0.4, 0.5) is 5.69 Å². The molecule has 0 aliphatic carbocycles. The molecule has 1 unspecified atom stereocenters. The average molecular weight is 403 g/mol. The number of nitrogens with one attached hydrogen (secondary N) is 2. The van der Waals surface area contributed by atoms with E-state index >= 15 is 0 Å². The van der Waals surface area contributed by atoms with Crippen molar-refractivity contribution in [2.45, 2.75) is 32.7 Å². The summed E-state index contributed by atoms with van der Waals surface area (Å²) < 4.78 is 5.38. The zero-order valence-electron chi connectivity index (χ0n) is 16.2. The van der Waals surface area contributed by atoms with Crippen LogP contribution in [-0.4, -0.2) is 64.1 Å². The molecule has 1 aromatic carbocycles. The molecule has 2 amide bonds. The lowest BCUT2D eigenvalue weighted by Gasteiger charge is -2.23. The lowest BCUT2D eigenvalue weighted by molar-refractivity contribution is -0.130. The fourth-order valence-corrected chi connectivity index (χ4v) is 3.87. The zero-order valence-corrected chi connectivity index (χ0v) is 17.1. The first-order valence-corrected chi connectivity index (χ1v) is 10.0. The van der Waals surface area contributed by atoms with Crippen LogP contribution in [0, 0.1) is 0 Å². The Kier molecular flexibility index (Phi) is 6.64. The summed E-state index contributed by atoms with van der Waals surface area (Å²) in [6.45, 7) is 6.18. The number of likely N-dealkylation sites (N-methyl/N-ethyl adjacent to an activating group) is 1. The van der Waals surface area contributed by atoms with Crippen molar-refractivity contribution in [1.29, 1.82) is 0 Å². The Labute approximate surface area is 170 Å². The molecule has 0 bridgehead atoms. The number of aromatic nitrogens is 1. The molecule has 8 heteroatoms. The van der Waals surface area contributed by atoms with Gasteiger partial charge in [0.05, 0.1) is 6.42 Å². The zero-order chi connectivity index (χ0) is 20.1. The quantitative estimate of drug-likeness (QED) is 0.498. The highest BCUT2D eigenvalue weighted by molar-refractivity contribution is 7.80. The molecule has 28 heavy (non-hydrogen) atoms. The van der Waals surface area contributed by atoms with Gasteiger partial charge in [-0.05, 0) is 56.1 Å². The van der Waals surface area contributed by atoms with E-state index in [1.807, 2.05) is 49.2 Å². The second-order valence-electron chi connectivity index (χ2n) is 6.66. The molecule has 1 aliphatic rings. The number of H-pyrrole nitrogens is 1. The Morgan fingerprint density at radius 3 is 2.89 bits per heavy atom. The third-order valence-electron chi connectivity index (χ3n) is 4.83. The monoisotopic (exact) mass is 402 g/mol. The van der Waals surface area contributed by atoms with E-state index in [2.05, 4.69) is 10.3 Å². The number of fused-ring (bicyclic) bond motifs is 1. The highest BCUT2D eigenvalue weighted by atomic mass is 32.1. The van der Waals surface area contributed by atoms with E-state index in [0.29, 0.717) is 37.1 Å². The predicted molar refractivity (Wildman–Crippen MR) is 113 cm³/mol. The number of amides is 2. The Morgan fingerprint density at radius 2 is 2.14 bits per heavy atom. The van der Waals surface area contributed by atoms with Crippen LogP contribution >= 0.6 is 12.2 Å². The summed E-state index contributed by atoms with van der Waals surface area (Å²) in [4.78, 5) is 31.9. The van der Waals surface area contributed by atoms with Crippen LogP contribution in [0.25, 0.3) is 10.9 Å². The number of aromatic amines is 1. The topological polar surface area (TPSA) is 77.7 Å². The van der Waals surface area contributed by atoms with E-state index < -0.39 is 6.04 Å². The maximum Gasteiger partial charge on any atom is 0.252 e. The maximum absolute atomic E-state index is 12.8. The minimum Gasteiger partial charge on any atom is -0.382 e. The van der Waals surface area contributed by atoms with Gasteiger partial charge in [-0.1, -0.05) is 6.07 Å². The Bertz CT molecular complexity index is 866. The minimum atomic E-state index is -0.566. The van der Waals surface area contributed by atoms with Gasteiger partial charge in [-0.3, -0.25) is 14.5 Å². The van der Waals surface area contributed by atoms with E-state index in [1.54, 1.807) is 4.90 Å². The molecule has 1 fully saturated rings. The van der Waals surface area contributed by atoms with Crippen molar-refractivity contribution in [1.82, 2.24) is 14.8 Å². The Balaban J connectivity index is 1.66. The van der Waals surface area contributed by atoms with Gasteiger partial charge in [-0.15, -0.1) is 0 Å². The van der Waals surface area contributed by atoms with Gasteiger partial charge in [0.1, 0.15) is 6.04 Å². The van der Waals surface area contributed by atoms with Crippen LogP contribution < -0.4 is 5.32 Å². The highest BCUT2D eigenvalue weighted by Crippen LogP contribution is 2.22. The van der Waals surface area contributed by atoms with Gasteiger partial charge in [0.2, 0.25) is 5.91 Å².